The molecule has 0 spiro atoms. The molecule has 1 amide bonds. The third-order valence-electron chi connectivity index (χ3n) is 6.43. The van der Waals surface area contributed by atoms with Crippen molar-refractivity contribution >= 4 is 11.6 Å². The van der Waals surface area contributed by atoms with Crippen molar-refractivity contribution in [2.45, 2.75) is 71.1 Å². The van der Waals surface area contributed by atoms with E-state index in [2.05, 4.69) is 73.8 Å². The molecular weight excluding hydrogens is 356 g/mol. The van der Waals surface area contributed by atoms with Crippen LogP contribution in [0.4, 0.5) is 0 Å². The van der Waals surface area contributed by atoms with E-state index >= 15 is 0 Å². The maximum Gasteiger partial charge on any atom is 0.243 e. The molecule has 2 aromatic carbocycles. The van der Waals surface area contributed by atoms with E-state index in [1.54, 1.807) is 0 Å². The summed E-state index contributed by atoms with van der Waals surface area (Å²) in [5.41, 5.74) is 10.4. The summed E-state index contributed by atoms with van der Waals surface area (Å²) < 4.78 is 0. The zero-order valence-corrected chi connectivity index (χ0v) is 18.1. The Balaban J connectivity index is 1.36. The number of rotatable bonds is 4. The van der Waals surface area contributed by atoms with Gasteiger partial charge in [-0.15, -0.1) is 0 Å². The SMILES string of the molecule is C/C(=N\NC(=O)C1CC1c1ccc(C(C)(C)C)cc1)c1ccc2c(c1)CCCC2. The molecule has 1 fully saturated rings. The highest BCUT2D eigenvalue weighted by molar-refractivity contribution is 5.99. The second-order valence-corrected chi connectivity index (χ2v) is 9.68. The van der Waals surface area contributed by atoms with Crippen LogP contribution in [-0.4, -0.2) is 11.6 Å². The highest BCUT2D eigenvalue weighted by atomic mass is 16.2. The molecule has 1 saturated carbocycles. The van der Waals surface area contributed by atoms with Crippen molar-refractivity contribution in [3.63, 3.8) is 0 Å². The van der Waals surface area contributed by atoms with Gasteiger partial charge in [0.1, 0.15) is 0 Å². The van der Waals surface area contributed by atoms with Crippen LogP contribution in [0.15, 0.2) is 47.6 Å². The van der Waals surface area contributed by atoms with Gasteiger partial charge in [-0.25, -0.2) is 5.43 Å². The molecule has 0 aliphatic heterocycles. The predicted molar refractivity (Wildman–Crippen MR) is 119 cm³/mol. The van der Waals surface area contributed by atoms with Gasteiger partial charge in [0, 0.05) is 5.92 Å². The monoisotopic (exact) mass is 388 g/mol. The van der Waals surface area contributed by atoms with E-state index in [1.807, 2.05) is 6.92 Å². The minimum atomic E-state index is 0.0345. The van der Waals surface area contributed by atoms with Crippen LogP contribution in [-0.2, 0) is 23.1 Å². The first-order chi connectivity index (χ1) is 13.8. The van der Waals surface area contributed by atoms with Crippen LogP contribution in [0.3, 0.4) is 0 Å². The Labute approximate surface area is 174 Å². The summed E-state index contributed by atoms with van der Waals surface area (Å²) >= 11 is 0. The molecule has 0 aromatic heterocycles. The number of carbonyl (C=O) groups is 1. The number of benzene rings is 2. The quantitative estimate of drug-likeness (QED) is 0.545. The fourth-order valence-electron chi connectivity index (χ4n) is 4.33. The van der Waals surface area contributed by atoms with Crippen LogP contribution in [0.5, 0.6) is 0 Å². The fourth-order valence-corrected chi connectivity index (χ4v) is 4.33. The van der Waals surface area contributed by atoms with Crippen molar-refractivity contribution in [2.24, 2.45) is 11.0 Å². The molecule has 29 heavy (non-hydrogen) atoms. The van der Waals surface area contributed by atoms with Gasteiger partial charge in [-0.05, 0) is 84.2 Å². The number of hydrazone groups is 1. The Bertz CT molecular complexity index is 934. The molecule has 4 rings (SSSR count). The third kappa shape index (κ3) is 4.44. The number of fused-ring (bicyclic) bond motifs is 1. The second kappa shape index (κ2) is 7.78. The summed E-state index contributed by atoms with van der Waals surface area (Å²) in [5, 5.41) is 4.40. The zero-order chi connectivity index (χ0) is 20.6. The zero-order valence-electron chi connectivity index (χ0n) is 18.1. The average Bonchev–Trinajstić information content (AvgIpc) is 3.52. The Hall–Kier alpha value is -2.42. The maximum atomic E-state index is 12.6. The molecule has 2 unspecified atom stereocenters. The van der Waals surface area contributed by atoms with Crippen LogP contribution in [0.1, 0.15) is 80.7 Å². The highest BCUT2D eigenvalue weighted by Crippen LogP contribution is 2.47. The smallest absolute Gasteiger partial charge is 0.243 e. The van der Waals surface area contributed by atoms with Crippen molar-refractivity contribution in [3.8, 4) is 0 Å². The van der Waals surface area contributed by atoms with Gasteiger partial charge in [0.2, 0.25) is 5.91 Å². The molecule has 152 valence electrons. The topological polar surface area (TPSA) is 41.5 Å². The minimum Gasteiger partial charge on any atom is -0.273 e. The summed E-state index contributed by atoms with van der Waals surface area (Å²) in [5.74, 6) is 0.394. The third-order valence-corrected chi connectivity index (χ3v) is 6.43. The number of hydrogen-bond acceptors (Lipinski definition) is 2. The van der Waals surface area contributed by atoms with Gasteiger partial charge in [-0.3, -0.25) is 4.79 Å². The minimum absolute atomic E-state index is 0.0345. The molecule has 0 bridgehead atoms. The standard InChI is InChI=1S/C26H32N2O/c1-17(20-10-9-18-7-5-6-8-21(18)15-20)27-28-25(29)24-16-23(24)19-11-13-22(14-12-19)26(2,3)4/h9-15,23-24H,5-8,16H2,1-4H3,(H,28,29)/b27-17+. The molecular formula is C26H32N2O. The van der Waals surface area contributed by atoms with Crippen LogP contribution >= 0.6 is 0 Å². The Morgan fingerprint density at radius 2 is 1.69 bits per heavy atom. The number of nitrogens with zero attached hydrogens (tertiary/aromatic N) is 1. The van der Waals surface area contributed by atoms with Crippen molar-refractivity contribution in [3.05, 3.63) is 70.3 Å². The number of nitrogens with one attached hydrogen (secondary N) is 1. The van der Waals surface area contributed by atoms with E-state index in [4.69, 9.17) is 0 Å². The summed E-state index contributed by atoms with van der Waals surface area (Å²) in [6.45, 7) is 8.63. The Morgan fingerprint density at radius 1 is 1.00 bits per heavy atom. The van der Waals surface area contributed by atoms with Crippen LogP contribution in [0.25, 0.3) is 0 Å². The molecule has 1 N–H and O–H groups in total. The largest absolute Gasteiger partial charge is 0.273 e. The van der Waals surface area contributed by atoms with Crippen LogP contribution < -0.4 is 5.43 Å². The second-order valence-electron chi connectivity index (χ2n) is 9.68. The highest BCUT2D eigenvalue weighted by Gasteiger charge is 2.44. The van der Waals surface area contributed by atoms with Gasteiger partial charge in [0.05, 0.1) is 5.71 Å². The lowest BCUT2D eigenvalue weighted by atomic mass is 9.86. The van der Waals surface area contributed by atoms with Gasteiger partial charge in [0.15, 0.2) is 0 Å². The summed E-state index contributed by atoms with van der Waals surface area (Å²) in [7, 11) is 0. The molecule has 3 heteroatoms. The lowest BCUT2D eigenvalue weighted by Crippen LogP contribution is -2.21. The van der Waals surface area contributed by atoms with Gasteiger partial charge >= 0.3 is 0 Å². The van der Waals surface area contributed by atoms with Gasteiger partial charge in [-0.2, -0.15) is 5.10 Å². The van der Waals surface area contributed by atoms with E-state index in [-0.39, 0.29) is 17.2 Å². The predicted octanol–water partition coefficient (Wildman–Crippen LogP) is 5.51. The van der Waals surface area contributed by atoms with E-state index < -0.39 is 0 Å². The molecule has 2 atom stereocenters. The summed E-state index contributed by atoms with van der Waals surface area (Å²) in [6, 6.07) is 15.4. The summed E-state index contributed by atoms with van der Waals surface area (Å²) in [6.07, 6.45) is 5.80. The summed E-state index contributed by atoms with van der Waals surface area (Å²) in [4.78, 5) is 12.6. The Kier molecular flexibility index (Phi) is 5.33. The molecule has 3 nitrogen and oxygen atoms in total. The fraction of sp³-hybridized carbons (Fsp3) is 0.462. The van der Waals surface area contributed by atoms with Crippen LogP contribution in [0.2, 0.25) is 0 Å². The number of carbonyl (C=O) groups excluding carboxylic acids is 1. The van der Waals surface area contributed by atoms with Gasteiger partial charge < -0.3 is 0 Å². The van der Waals surface area contributed by atoms with Crippen LogP contribution in [0, 0.1) is 5.92 Å². The van der Waals surface area contributed by atoms with Crippen molar-refractivity contribution < 1.29 is 4.79 Å². The van der Waals surface area contributed by atoms with E-state index in [0.717, 1.165) is 24.1 Å². The number of aryl methyl sites for hydroxylation is 2. The lowest BCUT2D eigenvalue weighted by Gasteiger charge is -2.19. The number of amides is 1. The molecule has 0 saturated heterocycles. The van der Waals surface area contributed by atoms with E-state index in [0.29, 0.717) is 5.92 Å². The van der Waals surface area contributed by atoms with Gasteiger partial charge in [0.25, 0.3) is 0 Å². The van der Waals surface area contributed by atoms with Gasteiger partial charge in [-0.1, -0.05) is 57.2 Å². The maximum absolute atomic E-state index is 12.6. The van der Waals surface area contributed by atoms with E-state index in [1.165, 1.54) is 41.5 Å². The molecule has 2 aliphatic carbocycles. The lowest BCUT2D eigenvalue weighted by molar-refractivity contribution is -0.122. The average molecular weight is 389 g/mol. The number of hydrogen-bond donors (Lipinski definition) is 1. The van der Waals surface area contributed by atoms with Crippen molar-refractivity contribution in [2.75, 3.05) is 0 Å². The first-order valence-corrected chi connectivity index (χ1v) is 10.9. The molecule has 2 aliphatic rings. The molecule has 0 heterocycles. The first kappa shape index (κ1) is 19.9. The van der Waals surface area contributed by atoms with Crippen molar-refractivity contribution in [1.82, 2.24) is 5.43 Å². The van der Waals surface area contributed by atoms with E-state index in [9.17, 15) is 4.79 Å². The van der Waals surface area contributed by atoms with Crippen molar-refractivity contribution in [1.29, 1.82) is 0 Å². The molecule has 0 radical (unpaired) electrons. The molecule has 2 aromatic rings. The Morgan fingerprint density at radius 3 is 2.38 bits per heavy atom. The first-order valence-electron chi connectivity index (χ1n) is 10.9. The normalized spacial score (nSPS) is 21.4.